The van der Waals surface area contributed by atoms with Gasteiger partial charge in [-0.3, -0.25) is 9.78 Å². The zero-order valence-electron chi connectivity index (χ0n) is 9.49. The molecule has 0 bridgehead atoms. The number of aromatic nitrogens is 2. The predicted molar refractivity (Wildman–Crippen MR) is 63.4 cm³/mol. The Kier molecular flexibility index (Phi) is 4.49. The van der Waals surface area contributed by atoms with Crippen molar-refractivity contribution in [1.82, 2.24) is 15.3 Å². The largest absolute Gasteiger partial charge is 0.357 e. The van der Waals surface area contributed by atoms with Crippen LogP contribution in [0.5, 0.6) is 0 Å². The third-order valence-corrected chi connectivity index (χ3v) is 1.98. The Morgan fingerprint density at radius 1 is 1.38 bits per heavy atom. The van der Waals surface area contributed by atoms with Gasteiger partial charge < -0.3 is 10.6 Å². The molecule has 0 radical (unpaired) electrons. The van der Waals surface area contributed by atoms with Crippen LogP contribution < -0.4 is 10.6 Å². The Bertz CT molecular complexity index is 370. The molecule has 0 saturated heterocycles. The lowest BCUT2D eigenvalue weighted by Crippen LogP contribution is -2.41. The van der Waals surface area contributed by atoms with E-state index in [4.69, 9.17) is 11.6 Å². The third-order valence-electron chi connectivity index (χ3n) is 1.79. The number of carbonyl (C=O) groups excluding carboxylic acids is 1. The van der Waals surface area contributed by atoms with Crippen LogP contribution in [0, 0.1) is 0 Å². The van der Waals surface area contributed by atoms with Gasteiger partial charge in [-0.15, -0.1) is 0 Å². The van der Waals surface area contributed by atoms with Gasteiger partial charge in [-0.2, -0.15) is 0 Å². The van der Waals surface area contributed by atoms with Gasteiger partial charge >= 0.3 is 0 Å². The highest BCUT2D eigenvalue weighted by Crippen LogP contribution is 2.07. The topological polar surface area (TPSA) is 66.9 Å². The normalized spacial score (nSPS) is 12.3. The maximum Gasteiger partial charge on any atom is 0.242 e. The van der Waals surface area contributed by atoms with Crippen LogP contribution in [0.4, 0.5) is 5.82 Å². The number of hydrogen-bond donors (Lipinski definition) is 2. The Morgan fingerprint density at radius 3 is 2.62 bits per heavy atom. The smallest absolute Gasteiger partial charge is 0.242 e. The molecule has 1 rings (SSSR count). The van der Waals surface area contributed by atoms with Crippen LogP contribution in [-0.2, 0) is 4.79 Å². The van der Waals surface area contributed by atoms with Crippen LogP contribution in [0.25, 0.3) is 0 Å². The Balaban J connectivity index is 2.57. The standard InChI is InChI=1S/C10H15ClN4O/c1-6(2)13-10(16)7(3)14-9-5-12-4-8(11)15-9/h4-7H,1-3H3,(H,13,16)(H,14,15). The van der Waals surface area contributed by atoms with Crippen LogP contribution in [0.2, 0.25) is 5.15 Å². The van der Waals surface area contributed by atoms with Crippen molar-refractivity contribution < 1.29 is 4.79 Å². The van der Waals surface area contributed by atoms with Gasteiger partial charge in [0.1, 0.15) is 17.0 Å². The quantitative estimate of drug-likeness (QED) is 0.839. The molecule has 0 aliphatic rings. The number of nitrogens with zero attached hydrogens (tertiary/aromatic N) is 2. The molecule has 2 N–H and O–H groups in total. The van der Waals surface area contributed by atoms with E-state index in [0.29, 0.717) is 11.0 Å². The first-order valence-corrected chi connectivity index (χ1v) is 5.41. The summed E-state index contributed by atoms with van der Waals surface area (Å²) in [5.74, 6) is 0.399. The molecule has 0 saturated carbocycles. The van der Waals surface area contributed by atoms with E-state index in [1.807, 2.05) is 13.8 Å². The van der Waals surface area contributed by atoms with Gasteiger partial charge in [0.15, 0.2) is 0 Å². The van der Waals surface area contributed by atoms with Gasteiger partial charge in [-0.05, 0) is 20.8 Å². The summed E-state index contributed by atoms with van der Waals surface area (Å²) >= 11 is 5.68. The van der Waals surface area contributed by atoms with E-state index in [1.165, 1.54) is 12.4 Å². The highest BCUT2D eigenvalue weighted by molar-refractivity contribution is 6.29. The number of amides is 1. The molecule has 16 heavy (non-hydrogen) atoms. The molecule has 0 fully saturated rings. The second kappa shape index (κ2) is 5.65. The van der Waals surface area contributed by atoms with Gasteiger partial charge in [0.2, 0.25) is 5.91 Å². The van der Waals surface area contributed by atoms with Crippen LogP contribution in [-0.4, -0.2) is 28.0 Å². The van der Waals surface area contributed by atoms with Crippen LogP contribution in [0.3, 0.4) is 0 Å². The summed E-state index contributed by atoms with van der Waals surface area (Å²) in [7, 11) is 0. The fourth-order valence-corrected chi connectivity index (χ4v) is 1.26. The van der Waals surface area contributed by atoms with Gasteiger partial charge in [0.25, 0.3) is 0 Å². The van der Waals surface area contributed by atoms with Gasteiger partial charge in [-0.1, -0.05) is 11.6 Å². The highest BCUT2D eigenvalue weighted by atomic mass is 35.5. The lowest BCUT2D eigenvalue weighted by Gasteiger charge is -2.16. The molecule has 1 aromatic heterocycles. The SMILES string of the molecule is CC(C)NC(=O)C(C)Nc1cncc(Cl)n1. The molecule has 0 spiro atoms. The first-order valence-electron chi connectivity index (χ1n) is 5.03. The van der Waals surface area contributed by atoms with Gasteiger partial charge in [-0.25, -0.2) is 4.98 Å². The Labute approximate surface area is 99.6 Å². The highest BCUT2D eigenvalue weighted by Gasteiger charge is 2.13. The van der Waals surface area contributed by atoms with Crippen molar-refractivity contribution in [2.75, 3.05) is 5.32 Å². The van der Waals surface area contributed by atoms with Crippen molar-refractivity contribution in [3.8, 4) is 0 Å². The summed E-state index contributed by atoms with van der Waals surface area (Å²) in [6.45, 7) is 5.56. The molecule has 1 unspecified atom stereocenters. The Hall–Kier alpha value is -1.36. The van der Waals surface area contributed by atoms with E-state index >= 15 is 0 Å². The summed E-state index contributed by atoms with van der Waals surface area (Å²) in [5.41, 5.74) is 0. The Morgan fingerprint density at radius 2 is 2.06 bits per heavy atom. The molecule has 0 aromatic carbocycles. The second-order valence-corrected chi connectivity index (χ2v) is 4.14. The fraction of sp³-hybridized carbons (Fsp3) is 0.500. The molecule has 1 heterocycles. The first kappa shape index (κ1) is 12.7. The van der Waals surface area contributed by atoms with Crippen molar-refractivity contribution in [3.63, 3.8) is 0 Å². The molecule has 6 heteroatoms. The molecular weight excluding hydrogens is 228 g/mol. The minimum atomic E-state index is -0.379. The number of anilines is 1. The molecule has 1 aromatic rings. The van der Waals surface area contributed by atoms with E-state index in [0.717, 1.165) is 0 Å². The number of nitrogens with one attached hydrogen (secondary N) is 2. The first-order chi connectivity index (χ1) is 7.49. The lowest BCUT2D eigenvalue weighted by atomic mass is 10.3. The molecule has 5 nitrogen and oxygen atoms in total. The zero-order chi connectivity index (χ0) is 12.1. The van der Waals surface area contributed by atoms with E-state index in [9.17, 15) is 4.79 Å². The molecule has 1 atom stereocenters. The number of halogens is 1. The predicted octanol–water partition coefficient (Wildman–Crippen LogP) is 1.45. The van der Waals surface area contributed by atoms with Gasteiger partial charge in [0, 0.05) is 6.04 Å². The second-order valence-electron chi connectivity index (χ2n) is 3.76. The van der Waals surface area contributed by atoms with Crippen molar-refractivity contribution >= 4 is 23.3 Å². The molecular formula is C10H15ClN4O. The van der Waals surface area contributed by atoms with Crippen molar-refractivity contribution in [2.24, 2.45) is 0 Å². The van der Waals surface area contributed by atoms with Crippen molar-refractivity contribution in [3.05, 3.63) is 17.5 Å². The molecule has 1 amide bonds. The maximum absolute atomic E-state index is 11.6. The van der Waals surface area contributed by atoms with Crippen molar-refractivity contribution in [1.29, 1.82) is 0 Å². The summed E-state index contributed by atoms with van der Waals surface area (Å²) in [4.78, 5) is 19.4. The summed E-state index contributed by atoms with van der Waals surface area (Å²) in [6, 6.07) is -0.266. The molecule has 0 aliphatic heterocycles. The summed E-state index contributed by atoms with van der Waals surface area (Å²) in [5, 5.41) is 6.01. The van der Waals surface area contributed by atoms with Crippen molar-refractivity contribution in [2.45, 2.75) is 32.9 Å². The van der Waals surface area contributed by atoms with E-state index in [-0.39, 0.29) is 18.0 Å². The average molecular weight is 243 g/mol. The van der Waals surface area contributed by atoms with Crippen LogP contribution in [0.15, 0.2) is 12.4 Å². The van der Waals surface area contributed by atoms with Crippen LogP contribution >= 0.6 is 11.6 Å². The summed E-state index contributed by atoms with van der Waals surface area (Å²) < 4.78 is 0. The number of hydrogen-bond acceptors (Lipinski definition) is 4. The zero-order valence-corrected chi connectivity index (χ0v) is 10.2. The minimum absolute atomic E-state index is 0.0863. The van der Waals surface area contributed by atoms with Gasteiger partial charge in [0.05, 0.1) is 12.4 Å². The van der Waals surface area contributed by atoms with E-state index < -0.39 is 0 Å². The maximum atomic E-state index is 11.6. The monoisotopic (exact) mass is 242 g/mol. The molecule has 88 valence electrons. The fourth-order valence-electron chi connectivity index (χ4n) is 1.11. The average Bonchev–Trinajstić information content (AvgIpc) is 2.16. The third kappa shape index (κ3) is 4.02. The van der Waals surface area contributed by atoms with Crippen LogP contribution in [0.1, 0.15) is 20.8 Å². The number of carbonyl (C=O) groups is 1. The number of rotatable bonds is 4. The van der Waals surface area contributed by atoms with E-state index in [1.54, 1.807) is 6.92 Å². The minimum Gasteiger partial charge on any atom is -0.357 e. The van der Waals surface area contributed by atoms with E-state index in [2.05, 4.69) is 20.6 Å². The lowest BCUT2D eigenvalue weighted by molar-refractivity contribution is -0.122. The molecule has 0 aliphatic carbocycles. The summed E-state index contributed by atoms with van der Waals surface area (Å²) in [6.07, 6.45) is 2.95.